The Hall–Kier alpha value is -1.59. The Morgan fingerprint density at radius 3 is 2.67 bits per heavy atom. The number of piperazine rings is 1. The van der Waals surface area contributed by atoms with Crippen molar-refractivity contribution in [1.82, 2.24) is 10.2 Å². The van der Waals surface area contributed by atoms with Crippen LogP contribution < -0.4 is 10.1 Å². The van der Waals surface area contributed by atoms with E-state index in [9.17, 15) is 9.90 Å². The summed E-state index contributed by atoms with van der Waals surface area (Å²) in [5.41, 5.74) is 0.717. The molecule has 18 heavy (non-hydrogen) atoms. The zero-order chi connectivity index (χ0) is 13.0. The van der Waals surface area contributed by atoms with Gasteiger partial charge in [-0.2, -0.15) is 0 Å². The molecular formula is C13H18N2O3. The van der Waals surface area contributed by atoms with Gasteiger partial charge in [0.2, 0.25) is 0 Å². The summed E-state index contributed by atoms with van der Waals surface area (Å²) in [7, 11) is 1.56. The van der Waals surface area contributed by atoms with E-state index >= 15 is 0 Å². The van der Waals surface area contributed by atoms with Crippen LogP contribution in [0.15, 0.2) is 24.3 Å². The minimum atomic E-state index is -0.832. The van der Waals surface area contributed by atoms with Gasteiger partial charge in [-0.15, -0.1) is 0 Å². The molecule has 0 bridgehead atoms. The number of hydrogen-bond acceptors (Lipinski definition) is 4. The molecule has 1 fully saturated rings. The minimum absolute atomic E-state index is 0.628. The van der Waals surface area contributed by atoms with Gasteiger partial charge in [0.15, 0.2) is 0 Å². The Kier molecular flexibility index (Phi) is 4.17. The topological polar surface area (TPSA) is 61.8 Å². The van der Waals surface area contributed by atoms with E-state index in [2.05, 4.69) is 5.32 Å². The van der Waals surface area contributed by atoms with E-state index < -0.39 is 12.0 Å². The van der Waals surface area contributed by atoms with Gasteiger partial charge in [0, 0.05) is 31.7 Å². The normalized spacial score (nSPS) is 18.3. The lowest BCUT2D eigenvalue weighted by atomic mass is 10.0. The van der Waals surface area contributed by atoms with Gasteiger partial charge >= 0.3 is 5.97 Å². The number of rotatable bonds is 4. The summed E-state index contributed by atoms with van der Waals surface area (Å²) in [6.45, 7) is 3.10. The molecule has 0 aliphatic carbocycles. The first-order valence-corrected chi connectivity index (χ1v) is 6.04. The molecule has 1 aromatic rings. The maximum absolute atomic E-state index is 11.5. The first-order chi connectivity index (χ1) is 8.74. The third kappa shape index (κ3) is 2.63. The average molecular weight is 250 g/mol. The maximum atomic E-state index is 11.5. The highest BCUT2D eigenvalue weighted by Gasteiger charge is 2.30. The lowest BCUT2D eigenvalue weighted by molar-refractivity contribution is -0.144. The van der Waals surface area contributed by atoms with Crippen molar-refractivity contribution in [2.75, 3.05) is 33.3 Å². The van der Waals surface area contributed by atoms with Crippen LogP contribution in [0.4, 0.5) is 0 Å². The summed E-state index contributed by atoms with van der Waals surface area (Å²) in [5, 5.41) is 12.7. The van der Waals surface area contributed by atoms with Crippen LogP contribution in [-0.4, -0.2) is 49.3 Å². The highest BCUT2D eigenvalue weighted by atomic mass is 16.5. The molecule has 0 amide bonds. The van der Waals surface area contributed by atoms with Crippen LogP contribution in [0.5, 0.6) is 5.75 Å². The predicted molar refractivity (Wildman–Crippen MR) is 67.8 cm³/mol. The van der Waals surface area contributed by atoms with E-state index in [4.69, 9.17) is 4.74 Å². The molecule has 1 aromatic carbocycles. The number of nitrogens with one attached hydrogen (secondary N) is 1. The number of carbonyl (C=O) groups is 1. The highest BCUT2D eigenvalue weighted by molar-refractivity contribution is 5.76. The van der Waals surface area contributed by atoms with Gasteiger partial charge in [0.05, 0.1) is 7.11 Å². The Bertz CT molecular complexity index is 416. The summed E-state index contributed by atoms with van der Waals surface area (Å²) in [4.78, 5) is 13.5. The Labute approximate surface area is 106 Å². The Morgan fingerprint density at radius 1 is 1.39 bits per heavy atom. The van der Waals surface area contributed by atoms with Crippen molar-refractivity contribution in [2.45, 2.75) is 6.04 Å². The van der Waals surface area contributed by atoms with E-state index in [-0.39, 0.29) is 0 Å². The van der Waals surface area contributed by atoms with E-state index in [0.29, 0.717) is 5.75 Å². The molecule has 1 unspecified atom stereocenters. The number of hydrogen-bond donors (Lipinski definition) is 2. The summed E-state index contributed by atoms with van der Waals surface area (Å²) in [6.07, 6.45) is 0. The fourth-order valence-corrected chi connectivity index (χ4v) is 2.32. The molecular weight excluding hydrogens is 232 g/mol. The van der Waals surface area contributed by atoms with Crippen molar-refractivity contribution in [1.29, 1.82) is 0 Å². The van der Waals surface area contributed by atoms with Gasteiger partial charge in [0.25, 0.3) is 0 Å². The lowest BCUT2D eigenvalue weighted by Gasteiger charge is -2.33. The number of para-hydroxylation sites is 1. The van der Waals surface area contributed by atoms with Crippen LogP contribution in [-0.2, 0) is 4.79 Å². The zero-order valence-electron chi connectivity index (χ0n) is 10.4. The number of carboxylic acid groups (broad SMARTS) is 1. The van der Waals surface area contributed by atoms with E-state index in [1.165, 1.54) is 0 Å². The molecule has 2 rings (SSSR count). The van der Waals surface area contributed by atoms with E-state index in [1.54, 1.807) is 13.2 Å². The van der Waals surface area contributed by atoms with Gasteiger partial charge in [0.1, 0.15) is 11.8 Å². The number of methoxy groups -OCH3 is 1. The van der Waals surface area contributed by atoms with Crippen molar-refractivity contribution in [2.24, 2.45) is 0 Å². The van der Waals surface area contributed by atoms with Crippen molar-refractivity contribution in [3.8, 4) is 5.75 Å². The molecule has 5 heteroatoms. The highest BCUT2D eigenvalue weighted by Crippen LogP contribution is 2.29. The number of benzene rings is 1. The second kappa shape index (κ2) is 5.84. The maximum Gasteiger partial charge on any atom is 0.325 e. The molecule has 0 aromatic heterocycles. The first-order valence-electron chi connectivity index (χ1n) is 6.04. The third-order valence-electron chi connectivity index (χ3n) is 3.18. The standard InChI is InChI=1S/C13H18N2O3/c1-18-11-5-3-2-4-10(11)12(13(16)17)15-8-6-14-7-9-15/h2-5,12,14H,6-9H2,1H3,(H,16,17). The van der Waals surface area contributed by atoms with Gasteiger partial charge in [-0.1, -0.05) is 18.2 Å². The summed E-state index contributed by atoms with van der Waals surface area (Å²) >= 11 is 0. The Balaban J connectivity index is 2.31. The van der Waals surface area contributed by atoms with Crippen LogP contribution in [0.3, 0.4) is 0 Å². The van der Waals surface area contributed by atoms with Crippen LogP contribution in [0, 0.1) is 0 Å². The van der Waals surface area contributed by atoms with E-state index in [1.807, 2.05) is 23.1 Å². The number of ether oxygens (including phenoxy) is 1. The first kappa shape index (κ1) is 12.9. The fraction of sp³-hybridized carbons (Fsp3) is 0.462. The quantitative estimate of drug-likeness (QED) is 0.824. The molecule has 1 heterocycles. The van der Waals surface area contributed by atoms with Crippen LogP contribution >= 0.6 is 0 Å². The summed E-state index contributed by atoms with van der Waals surface area (Å²) in [5.74, 6) is -0.204. The van der Waals surface area contributed by atoms with Gasteiger partial charge in [-0.3, -0.25) is 9.69 Å². The summed E-state index contributed by atoms with van der Waals surface area (Å²) < 4.78 is 5.26. The lowest BCUT2D eigenvalue weighted by Crippen LogP contribution is -2.47. The third-order valence-corrected chi connectivity index (χ3v) is 3.18. The molecule has 1 atom stereocenters. The second-order valence-corrected chi connectivity index (χ2v) is 4.27. The number of nitrogens with zero attached hydrogens (tertiary/aromatic N) is 1. The number of carboxylic acids is 1. The monoisotopic (exact) mass is 250 g/mol. The fourth-order valence-electron chi connectivity index (χ4n) is 2.32. The van der Waals surface area contributed by atoms with Crippen LogP contribution in [0.1, 0.15) is 11.6 Å². The van der Waals surface area contributed by atoms with Gasteiger partial charge < -0.3 is 15.2 Å². The van der Waals surface area contributed by atoms with Gasteiger partial charge in [-0.05, 0) is 6.07 Å². The van der Waals surface area contributed by atoms with Crippen molar-refractivity contribution < 1.29 is 14.6 Å². The van der Waals surface area contributed by atoms with E-state index in [0.717, 1.165) is 31.7 Å². The SMILES string of the molecule is COc1ccccc1C(C(=O)O)N1CCNCC1. The molecule has 0 radical (unpaired) electrons. The van der Waals surface area contributed by atoms with Crippen LogP contribution in [0.2, 0.25) is 0 Å². The van der Waals surface area contributed by atoms with Crippen molar-refractivity contribution in [3.63, 3.8) is 0 Å². The molecule has 1 aliphatic heterocycles. The molecule has 0 spiro atoms. The van der Waals surface area contributed by atoms with Crippen molar-refractivity contribution >= 4 is 5.97 Å². The molecule has 1 aliphatic rings. The largest absolute Gasteiger partial charge is 0.496 e. The molecule has 98 valence electrons. The van der Waals surface area contributed by atoms with Gasteiger partial charge in [-0.25, -0.2) is 0 Å². The smallest absolute Gasteiger partial charge is 0.325 e. The second-order valence-electron chi connectivity index (χ2n) is 4.27. The average Bonchev–Trinajstić information content (AvgIpc) is 2.40. The zero-order valence-corrected chi connectivity index (χ0v) is 10.4. The number of aliphatic carboxylic acids is 1. The molecule has 2 N–H and O–H groups in total. The van der Waals surface area contributed by atoms with Crippen molar-refractivity contribution in [3.05, 3.63) is 29.8 Å². The van der Waals surface area contributed by atoms with Crippen LogP contribution in [0.25, 0.3) is 0 Å². The summed E-state index contributed by atoms with van der Waals surface area (Å²) in [6, 6.07) is 6.67. The minimum Gasteiger partial charge on any atom is -0.496 e. The molecule has 5 nitrogen and oxygen atoms in total. The Morgan fingerprint density at radius 2 is 2.06 bits per heavy atom. The molecule has 0 saturated carbocycles. The predicted octanol–water partition coefficient (Wildman–Crippen LogP) is 0.726. The molecule has 1 saturated heterocycles.